The number of rotatable bonds is 34. The van der Waals surface area contributed by atoms with E-state index in [-0.39, 0.29) is 70.0 Å². The highest BCUT2D eigenvalue weighted by Gasteiger charge is 2.28. The van der Waals surface area contributed by atoms with Gasteiger partial charge in [0.15, 0.2) is 21.7 Å². The summed E-state index contributed by atoms with van der Waals surface area (Å²) in [6.45, 7) is 3.67. The smallest absolute Gasteiger partial charge is 0.286 e. The molecule has 59 heteroatoms. The SMILES string of the molecule is CN(C)CC(O)COc1ccc(NC(=O)c2nnc(Sc3c(Cl)cncc3Cl)s2)cc1.CN(C)CCCOc1ccc(NC(=O)c2nnc(Sc3c(Cl)cncc3Br)s2)cc1.CN(C)CCOc1cccc(NC(=O)c2nnc(Sc3c(Cl)cncc3Cl)s2)c1.Nc1ncc(Cl)c(Sc2nnc(C(=O)Nc3ccc4c(c3)S(=O)(=O)C=C4)s2)c1Cl.O=C(Nc1ccc2c(c1)S(=O)(=O)C=C2)c1nnc(Sc2c(Cl)cncc2Br)s1. The predicted molar refractivity (Wildman–Crippen MR) is 588 cm³/mol. The van der Waals surface area contributed by atoms with Crippen molar-refractivity contribution in [2.45, 2.75) is 68.5 Å². The number of nitrogens with zero attached hydrogens (tertiary/aromatic N) is 18. The van der Waals surface area contributed by atoms with Crippen molar-refractivity contribution in [3.63, 3.8) is 0 Å². The highest BCUT2D eigenvalue weighted by Crippen LogP contribution is 2.46. The van der Waals surface area contributed by atoms with E-state index in [1.54, 1.807) is 91.4 Å². The number of anilines is 6. The van der Waals surface area contributed by atoms with Crippen LogP contribution in [0.5, 0.6) is 17.2 Å². The lowest BCUT2D eigenvalue weighted by Gasteiger charge is -2.16. The minimum absolute atomic E-state index is 0.0863. The van der Waals surface area contributed by atoms with Gasteiger partial charge < -0.3 is 66.3 Å². The molecule has 2 aliphatic rings. The van der Waals surface area contributed by atoms with E-state index in [4.69, 9.17) is 113 Å². The number of nitrogens with one attached hydrogen (secondary N) is 5. The summed E-state index contributed by atoms with van der Waals surface area (Å²) in [4.78, 5) is 91.5. The number of amides is 5. The Kier molecular flexibility index (Phi) is 42.4. The molecule has 10 aromatic heterocycles. The van der Waals surface area contributed by atoms with E-state index >= 15 is 0 Å². The number of hydrogen-bond acceptors (Lipinski definition) is 42. The Hall–Kier alpha value is -9.55. The molecule has 0 aliphatic carbocycles. The Morgan fingerprint density at radius 1 is 0.395 bits per heavy atom. The van der Waals surface area contributed by atoms with Gasteiger partial charge in [0.25, 0.3) is 29.5 Å². The molecule has 1 unspecified atom stereocenters. The maximum absolute atomic E-state index is 12.5. The summed E-state index contributed by atoms with van der Waals surface area (Å²) in [5.74, 6) is 0.105. The number of ether oxygens (including phenoxy) is 3. The van der Waals surface area contributed by atoms with E-state index in [0.717, 1.165) is 107 Å². The number of benzene rings is 5. The van der Waals surface area contributed by atoms with Crippen LogP contribution in [0, 0.1) is 0 Å². The van der Waals surface area contributed by atoms with E-state index < -0.39 is 37.6 Å². The number of carbonyl (C=O) groups is 5. The summed E-state index contributed by atoms with van der Waals surface area (Å²) in [5.41, 5.74) is 9.39. The van der Waals surface area contributed by atoms with Crippen molar-refractivity contribution in [2.24, 2.45) is 0 Å². The lowest BCUT2D eigenvalue weighted by Crippen LogP contribution is -2.30. The molecule has 17 rings (SSSR count). The molecule has 147 heavy (non-hydrogen) atoms. The Balaban J connectivity index is 0.000000154. The lowest BCUT2D eigenvalue weighted by atomic mass is 10.2. The first kappa shape index (κ1) is 115. The normalized spacial score (nSPS) is 12.4. The molecule has 764 valence electrons. The van der Waals surface area contributed by atoms with Gasteiger partial charge in [-0.3, -0.25) is 43.9 Å². The fraction of sp³-hybridized carbons (Fsp3) is 0.159. The van der Waals surface area contributed by atoms with Gasteiger partial charge in [0.2, 0.25) is 44.7 Å². The van der Waals surface area contributed by atoms with E-state index in [9.17, 15) is 45.9 Å². The summed E-state index contributed by atoms with van der Waals surface area (Å²) in [6.07, 6.45) is 17.1. The molecular formula is C88H72Br2Cl8N24O13S12. The minimum atomic E-state index is -3.47. The Morgan fingerprint density at radius 2 is 0.728 bits per heavy atom. The van der Waals surface area contributed by atoms with Crippen molar-refractivity contribution in [3.8, 4) is 17.2 Å². The topological polar surface area (TPSA) is 491 Å². The molecule has 0 saturated heterocycles. The summed E-state index contributed by atoms with van der Waals surface area (Å²) in [7, 11) is 4.85. The number of aliphatic hydroxyl groups excluding tert-OH is 1. The number of likely N-dealkylation sites (N-methyl/N-ethyl adjacent to an activating group) is 2. The monoisotopic (exact) mass is 2490 g/mol. The molecule has 0 radical (unpaired) electrons. The second-order valence-electron chi connectivity index (χ2n) is 30.2. The van der Waals surface area contributed by atoms with Crippen LogP contribution in [0.4, 0.5) is 34.3 Å². The maximum Gasteiger partial charge on any atom is 0.286 e. The third kappa shape index (κ3) is 33.7. The number of aliphatic hydroxyl groups is 1. The van der Waals surface area contributed by atoms with Gasteiger partial charge in [-0.05, 0) is 189 Å². The zero-order valence-electron chi connectivity index (χ0n) is 76.1. The molecule has 12 heterocycles. The number of nitrogen functional groups attached to an aromatic ring is 1. The predicted octanol–water partition coefficient (Wildman–Crippen LogP) is 22.1. The second-order valence-corrected chi connectivity index (χ2v) is 49.9. The van der Waals surface area contributed by atoms with Gasteiger partial charge in [0, 0.05) is 121 Å². The fourth-order valence-corrected chi connectivity index (χ4v) is 26.2. The van der Waals surface area contributed by atoms with Crippen molar-refractivity contribution in [3.05, 3.63) is 261 Å². The molecule has 0 bridgehead atoms. The molecule has 0 spiro atoms. The molecule has 15 aromatic rings. The standard InChI is InChI=1S/C19H19BrClN5O2S2.C19H19Cl2N5O3S2.C18H17Cl2N5O2S2.C16H8BrClN4O3S3.C16H9Cl2N5O3S3/c1-26(2)8-3-9-28-13-6-4-12(5-7-13)23-17(27)18-24-25-19(30-18)29-16-14(20)10-22-11-15(16)21;1-26(2)9-12(27)10-29-13-5-3-11(4-6-13)23-17(28)18-24-25-19(31-18)30-16-14(20)7-22-8-15(16)21;1-25(2)6-7-27-12-5-3-4-11(8-12)22-16(26)17-23-24-18(29-17)28-15-13(19)9-21-10-14(15)20;17-10-6-19-7-11(18)13(10)26-16-22-21-15(27-16)14(23)20-9-2-1-8-3-4-28(24,25)12(8)5-9;17-9-6-20-13(19)11(18)12(9)27-16-23-22-15(28-16)14(24)21-8-2-1-7-3-4-29(25,26)10(7)5-8/h4-7,10-11H,3,8-9H2,1-2H3,(H,23,27);3-8,12,27H,9-10H2,1-2H3,(H,23,28);3-5,8-10H,6-7H2,1-2H3,(H,22,26);1-7H,(H,20,23);1-6H,(H2,19,20)(H,21,24). The summed E-state index contributed by atoms with van der Waals surface area (Å²) >= 11 is 67.5. The zero-order chi connectivity index (χ0) is 105. The molecule has 2 aliphatic heterocycles. The van der Waals surface area contributed by atoms with E-state index in [1.807, 2.05) is 76.4 Å². The fourth-order valence-electron chi connectivity index (χ4n) is 11.6. The second kappa shape index (κ2) is 54.4. The third-order valence-electron chi connectivity index (χ3n) is 18.3. The van der Waals surface area contributed by atoms with Crippen LogP contribution in [0.15, 0.2) is 241 Å². The van der Waals surface area contributed by atoms with E-state index in [0.29, 0.717) is 147 Å². The van der Waals surface area contributed by atoms with Crippen molar-refractivity contribution in [1.29, 1.82) is 0 Å². The van der Waals surface area contributed by atoms with E-state index in [1.165, 1.54) is 120 Å². The zero-order valence-corrected chi connectivity index (χ0v) is 95.1. The van der Waals surface area contributed by atoms with Crippen molar-refractivity contribution < 1.29 is 60.1 Å². The van der Waals surface area contributed by atoms with Crippen LogP contribution >= 0.6 is 240 Å². The number of halogens is 10. The van der Waals surface area contributed by atoms with Crippen LogP contribution in [0.1, 0.15) is 66.6 Å². The average molecular weight is 2500 g/mol. The van der Waals surface area contributed by atoms with Crippen LogP contribution in [-0.4, -0.2) is 230 Å². The van der Waals surface area contributed by atoms with Crippen LogP contribution in [0.2, 0.25) is 40.2 Å². The molecule has 5 aromatic carbocycles. The van der Waals surface area contributed by atoms with Crippen LogP contribution in [-0.2, 0) is 19.7 Å². The first-order valence-electron chi connectivity index (χ1n) is 41.6. The number of nitrogens with two attached hydrogens (primary N) is 1. The molecule has 0 fully saturated rings. The van der Waals surface area contributed by atoms with Crippen molar-refractivity contribution >= 4 is 336 Å². The van der Waals surface area contributed by atoms with Crippen molar-refractivity contribution in [2.75, 3.05) is 114 Å². The lowest BCUT2D eigenvalue weighted by molar-refractivity contribution is 0.0831. The van der Waals surface area contributed by atoms with Gasteiger partial charge in [0.1, 0.15) is 42.4 Å². The van der Waals surface area contributed by atoms with Gasteiger partial charge in [-0.2, -0.15) is 0 Å². The number of fused-ring (bicyclic) bond motifs is 2. The third-order valence-corrected chi connectivity index (χ3v) is 36.8. The van der Waals surface area contributed by atoms with Crippen LogP contribution < -0.4 is 46.5 Å². The number of carbonyl (C=O) groups excluding carboxylic acids is 5. The molecule has 8 N–H and O–H groups in total. The van der Waals surface area contributed by atoms with Gasteiger partial charge >= 0.3 is 0 Å². The van der Waals surface area contributed by atoms with Crippen molar-refractivity contribution in [1.82, 2.24) is 90.6 Å². The van der Waals surface area contributed by atoms with Crippen LogP contribution in [0.25, 0.3) is 12.2 Å². The first-order valence-corrected chi connectivity index (χ1v) is 57.4. The van der Waals surface area contributed by atoms with Gasteiger partial charge in [0.05, 0.1) is 90.0 Å². The molecule has 37 nitrogen and oxygen atoms in total. The van der Waals surface area contributed by atoms with Gasteiger partial charge in [-0.15, -0.1) is 51.0 Å². The molecule has 0 saturated carbocycles. The highest BCUT2D eigenvalue weighted by atomic mass is 79.9. The first-order chi connectivity index (χ1) is 70.2. The number of sulfone groups is 2. The minimum Gasteiger partial charge on any atom is -0.494 e. The Bertz CT molecular complexity index is 7530. The van der Waals surface area contributed by atoms with Gasteiger partial charge in [-0.25, -0.2) is 21.8 Å². The van der Waals surface area contributed by atoms with E-state index in [2.05, 4.69) is 139 Å². The summed E-state index contributed by atoms with van der Waals surface area (Å²) in [6, 6.07) is 30.6. The molecule has 1 atom stereocenters. The quantitative estimate of drug-likeness (QED) is 0.0184. The Labute approximate surface area is 937 Å². The van der Waals surface area contributed by atoms with Crippen LogP contribution in [0.3, 0.4) is 0 Å². The molecule has 5 amide bonds. The number of pyridine rings is 5. The summed E-state index contributed by atoms with van der Waals surface area (Å²) in [5, 5.41) is 69.5. The van der Waals surface area contributed by atoms with Gasteiger partial charge in [-0.1, -0.05) is 226 Å². The maximum atomic E-state index is 12.5. The number of aromatic nitrogens is 15. The highest BCUT2D eigenvalue weighted by molar-refractivity contribution is 9.10. The Morgan fingerprint density at radius 3 is 1.11 bits per heavy atom. The molecular weight excluding hydrogens is 2430 g/mol. The summed E-state index contributed by atoms with van der Waals surface area (Å²) < 4.78 is 68.9. The average Bonchev–Trinajstić information content (AvgIpc) is 1.64. The largest absolute Gasteiger partial charge is 0.494 e. The number of hydrogen-bond donors (Lipinski definition) is 7.